The van der Waals surface area contributed by atoms with Gasteiger partial charge in [0.25, 0.3) is 0 Å². The summed E-state index contributed by atoms with van der Waals surface area (Å²) in [5.41, 5.74) is -2.24. The number of hydrogen-bond acceptors (Lipinski definition) is 4. The average Bonchev–Trinajstić information content (AvgIpc) is 2.91. The lowest BCUT2D eigenvalue weighted by Crippen LogP contribution is -2.44. The number of methoxy groups -OCH3 is 1. The highest BCUT2D eigenvalue weighted by molar-refractivity contribution is 6.30. The van der Waals surface area contributed by atoms with Crippen molar-refractivity contribution in [1.29, 1.82) is 0 Å². The molecule has 2 rings (SSSR count). The Balaban J connectivity index is 2.24. The Morgan fingerprint density at radius 2 is 2.03 bits per heavy atom. The number of nitrogens with zero attached hydrogens (tertiary/aromatic N) is 1. The molecule has 0 radical (unpaired) electrons. The third kappa shape index (κ3) is 6.12. The van der Waals surface area contributed by atoms with Crippen LogP contribution in [0.4, 0.5) is 13.6 Å². The van der Waals surface area contributed by atoms with Crippen molar-refractivity contribution in [2.45, 2.75) is 63.8 Å². The van der Waals surface area contributed by atoms with E-state index in [2.05, 4.69) is 0 Å². The van der Waals surface area contributed by atoms with Crippen LogP contribution >= 0.6 is 11.6 Å². The second-order valence-corrected chi connectivity index (χ2v) is 9.11. The number of ketones is 1. The first-order chi connectivity index (χ1) is 13.3. The Kier molecular flexibility index (Phi) is 7.28. The Morgan fingerprint density at radius 3 is 2.62 bits per heavy atom. The maximum atomic E-state index is 14.7. The number of halogens is 3. The highest BCUT2D eigenvalue weighted by Crippen LogP contribution is 2.35. The largest absolute Gasteiger partial charge is 0.444 e. The predicted octanol–water partition coefficient (Wildman–Crippen LogP) is 4.91. The van der Waals surface area contributed by atoms with E-state index in [-0.39, 0.29) is 42.4 Å². The molecule has 3 atom stereocenters. The number of rotatable bonds is 6. The number of hydrogen-bond donors (Lipinski definition) is 0. The molecule has 1 aromatic rings. The Hall–Kier alpha value is -1.73. The quantitative estimate of drug-likeness (QED) is 0.642. The summed E-state index contributed by atoms with van der Waals surface area (Å²) < 4.78 is 39.6. The van der Waals surface area contributed by atoms with Gasteiger partial charge in [0.15, 0.2) is 5.78 Å². The molecule has 0 bridgehead atoms. The van der Waals surface area contributed by atoms with Crippen LogP contribution in [0.2, 0.25) is 5.02 Å². The third-order valence-electron chi connectivity index (χ3n) is 4.73. The van der Waals surface area contributed by atoms with Crippen LogP contribution in [0.5, 0.6) is 0 Å². The van der Waals surface area contributed by atoms with Crippen LogP contribution in [-0.4, -0.2) is 54.3 Å². The summed E-state index contributed by atoms with van der Waals surface area (Å²) >= 11 is 5.87. The predicted molar refractivity (Wildman–Crippen MR) is 107 cm³/mol. The molecule has 1 aromatic carbocycles. The minimum atomic E-state index is -1.71. The van der Waals surface area contributed by atoms with Crippen LogP contribution in [0, 0.1) is 5.82 Å². The van der Waals surface area contributed by atoms with Crippen molar-refractivity contribution in [1.82, 2.24) is 4.90 Å². The first-order valence-electron chi connectivity index (χ1n) is 9.49. The van der Waals surface area contributed by atoms with E-state index in [0.717, 1.165) is 4.90 Å². The summed E-state index contributed by atoms with van der Waals surface area (Å²) in [6.45, 7) is 6.28. The summed E-state index contributed by atoms with van der Waals surface area (Å²) in [5.74, 6) is -1.61. The van der Waals surface area contributed by atoms with Crippen molar-refractivity contribution in [2.75, 3.05) is 20.3 Å². The number of carbonyl (C=O) groups excluding carboxylic acids is 2. The highest BCUT2D eigenvalue weighted by Gasteiger charge is 2.48. The van der Waals surface area contributed by atoms with Gasteiger partial charge in [-0.15, -0.1) is 0 Å². The van der Waals surface area contributed by atoms with Crippen LogP contribution < -0.4 is 0 Å². The number of amides is 1. The first kappa shape index (κ1) is 23.5. The lowest BCUT2D eigenvalue weighted by molar-refractivity contribution is -0.124. The molecule has 0 saturated carbocycles. The van der Waals surface area contributed by atoms with Crippen molar-refractivity contribution >= 4 is 23.5 Å². The normalized spacial score (nSPS) is 23.2. The minimum Gasteiger partial charge on any atom is -0.444 e. The van der Waals surface area contributed by atoms with Crippen molar-refractivity contribution in [3.63, 3.8) is 0 Å². The van der Waals surface area contributed by atoms with Gasteiger partial charge in [-0.25, -0.2) is 13.6 Å². The molecule has 1 aliphatic heterocycles. The zero-order chi connectivity index (χ0) is 22.0. The minimum absolute atomic E-state index is 0.0522. The molecule has 0 aliphatic carbocycles. The van der Waals surface area contributed by atoms with Crippen LogP contribution in [0.15, 0.2) is 18.2 Å². The van der Waals surface area contributed by atoms with Crippen LogP contribution in [0.3, 0.4) is 0 Å². The lowest BCUT2D eigenvalue weighted by atomic mass is 9.90. The van der Waals surface area contributed by atoms with E-state index < -0.39 is 35.1 Å². The summed E-state index contributed by atoms with van der Waals surface area (Å²) in [5, 5.41) is -0.0522. The zero-order valence-corrected chi connectivity index (χ0v) is 18.2. The van der Waals surface area contributed by atoms with E-state index in [4.69, 9.17) is 21.1 Å². The van der Waals surface area contributed by atoms with Gasteiger partial charge in [-0.1, -0.05) is 23.7 Å². The van der Waals surface area contributed by atoms with Crippen LogP contribution in [0.25, 0.3) is 0 Å². The molecule has 5 nitrogen and oxygen atoms in total. The fraction of sp³-hybridized carbons (Fsp3) is 0.619. The number of ether oxygens (including phenoxy) is 2. The molecule has 0 spiro atoms. The monoisotopic (exact) mass is 431 g/mol. The van der Waals surface area contributed by atoms with Crippen molar-refractivity contribution < 1.29 is 27.8 Å². The molecule has 1 saturated heterocycles. The van der Waals surface area contributed by atoms with Gasteiger partial charge in [0.1, 0.15) is 17.1 Å². The molecule has 1 amide bonds. The Bertz CT molecular complexity index is 764. The molecule has 0 N–H and O–H groups in total. The molecule has 0 aromatic heterocycles. The fourth-order valence-electron chi connectivity index (χ4n) is 3.52. The van der Waals surface area contributed by atoms with Gasteiger partial charge >= 0.3 is 6.09 Å². The van der Waals surface area contributed by atoms with E-state index in [1.807, 2.05) is 0 Å². The highest BCUT2D eigenvalue weighted by atomic mass is 35.5. The average molecular weight is 432 g/mol. The van der Waals surface area contributed by atoms with E-state index in [0.29, 0.717) is 0 Å². The molecule has 1 heterocycles. The molecular weight excluding hydrogens is 404 g/mol. The van der Waals surface area contributed by atoms with Crippen molar-refractivity contribution in [3.05, 3.63) is 34.6 Å². The lowest BCUT2D eigenvalue weighted by Gasteiger charge is -2.28. The number of alkyl halides is 1. The van der Waals surface area contributed by atoms with Crippen LogP contribution in [0.1, 0.15) is 52.0 Å². The molecule has 1 aliphatic rings. The summed E-state index contributed by atoms with van der Waals surface area (Å²) in [6, 6.07) is 3.57. The molecule has 29 heavy (non-hydrogen) atoms. The number of carbonyl (C=O) groups is 2. The second-order valence-electron chi connectivity index (χ2n) is 8.71. The SMILES string of the molecule is COC[C@@H](CC(=O)[C@@H]1C[C@@](C)(F)CN1C(=O)OC(C)(C)C)c1cccc(Cl)c1F. The van der Waals surface area contributed by atoms with Crippen LogP contribution in [-0.2, 0) is 14.3 Å². The zero-order valence-electron chi connectivity index (χ0n) is 17.4. The summed E-state index contributed by atoms with van der Waals surface area (Å²) in [4.78, 5) is 26.7. The topological polar surface area (TPSA) is 55.8 Å². The maximum Gasteiger partial charge on any atom is 0.411 e. The fourth-order valence-corrected chi connectivity index (χ4v) is 3.70. The molecule has 8 heteroatoms. The van der Waals surface area contributed by atoms with E-state index in [1.165, 1.54) is 26.2 Å². The van der Waals surface area contributed by atoms with Gasteiger partial charge in [-0.2, -0.15) is 0 Å². The van der Waals surface area contributed by atoms with E-state index in [1.54, 1.807) is 26.8 Å². The Labute approximate surface area is 175 Å². The maximum absolute atomic E-state index is 14.7. The Morgan fingerprint density at radius 1 is 1.38 bits per heavy atom. The van der Waals surface area contributed by atoms with Crippen molar-refractivity contribution in [2.24, 2.45) is 0 Å². The second kappa shape index (κ2) is 8.96. The van der Waals surface area contributed by atoms with E-state index in [9.17, 15) is 18.4 Å². The van der Waals surface area contributed by atoms with Gasteiger partial charge in [0, 0.05) is 25.9 Å². The van der Waals surface area contributed by atoms with E-state index >= 15 is 0 Å². The number of likely N-dealkylation sites (tertiary alicyclic amines) is 1. The molecule has 0 unspecified atom stereocenters. The number of benzene rings is 1. The van der Waals surface area contributed by atoms with Gasteiger partial charge < -0.3 is 9.47 Å². The number of Topliss-reactive ketones (excluding diaryl/α,β-unsaturated/α-hetero) is 1. The molecule has 1 fully saturated rings. The van der Waals surface area contributed by atoms with Gasteiger partial charge in [0.2, 0.25) is 0 Å². The third-order valence-corrected chi connectivity index (χ3v) is 5.02. The molecular formula is C21H28ClF2NO4. The summed E-state index contributed by atoms with van der Waals surface area (Å²) in [7, 11) is 1.45. The summed E-state index contributed by atoms with van der Waals surface area (Å²) in [6.07, 6.45) is -0.997. The van der Waals surface area contributed by atoms with Crippen molar-refractivity contribution in [3.8, 4) is 0 Å². The van der Waals surface area contributed by atoms with Gasteiger partial charge in [-0.3, -0.25) is 9.69 Å². The molecule has 162 valence electrons. The smallest absolute Gasteiger partial charge is 0.411 e. The van der Waals surface area contributed by atoms with Gasteiger partial charge in [0.05, 0.1) is 24.2 Å². The first-order valence-corrected chi connectivity index (χ1v) is 9.86. The van der Waals surface area contributed by atoms with Gasteiger partial charge in [-0.05, 0) is 39.3 Å². The standard InChI is InChI=1S/C21H28ClF2NO4/c1-20(2,3)29-19(27)25-12-21(4,24)10-16(25)17(26)9-13(11-28-5)14-7-6-8-15(22)18(14)23/h6-8,13,16H,9-12H2,1-5H3/t13-,16+,21-/m1/s1.